The van der Waals surface area contributed by atoms with Gasteiger partial charge in [0.25, 0.3) is 0 Å². The van der Waals surface area contributed by atoms with Crippen LogP contribution in [0.5, 0.6) is 5.75 Å². The first kappa shape index (κ1) is 19.3. The van der Waals surface area contributed by atoms with Crippen LogP contribution in [0.4, 0.5) is 5.69 Å². The molecule has 0 fully saturated rings. The molecule has 0 saturated carbocycles. The van der Waals surface area contributed by atoms with Gasteiger partial charge in [-0.05, 0) is 43.7 Å². The molecule has 6 heteroatoms. The molecule has 0 bridgehead atoms. The van der Waals surface area contributed by atoms with Gasteiger partial charge in [0.2, 0.25) is 11.8 Å². The zero-order chi connectivity index (χ0) is 19.4. The fraction of sp³-hybridized carbons (Fsp3) is 0.333. The normalized spacial score (nSPS) is 14.5. The standard InChI is InChI=1S/C21H24N2O3S/c1-4-22(15(2)16-8-7-9-17(12-16)26-3)20(24)13-23-18-10-5-6-11-19(18)27-14-21(23)25/h5-12,15H,4,13-14H2,1-3H3/t15-/m0/s1. The van der Waals surface area contributed by atoms with Gasteiger partial charge in [-0.1, -0.05) is 24.3 Å². The number of anilines is 1. The lowest BCUT2D eigenvalue weighted by atomic mass is 10.1. The third kappa shape index (κ3) is 4.11. The van der Waals surface area contributed by atoms with Crippen molar-refractivity contribution in [1.29, 1.82) is 0 Å². The lowest BCUT2D eigenvalue weighted by molar-refractivity contribution is -0.133. The molecule has 2 aromatic carbocycles. The number of para-hydroxylation sites is 1. The third-order valence-electron chi connectivity index (χ3n) is 4.81. The number of hydrogen-bond acceptors (Lipinski definition) is 4. The summed E-state index contributed by atoms with van der Waals surface area (Å²) in [6, 6.07) is 15.4. The molecule has 0 aromatic heterocycles. The monoisotopic (exact) mass is 384 g/mol. The van der Waals surface area contributed by atoms with Crippen molar-refractivity contribution in [3.05, 3.63) is 54.1 Å². The van der Waals surface area contributed by atoms with Crippen molar-refractivity contribution < 1.29 is 14.3 Å². The van der Waals surface area contributed by atoms with Gasteiger partial charge in [0, 0.05) is 11.4 Å². The Hall–Kier alpha value is -2.47. The Morgan fingerprint density at radius 2 is 2.04 bits per heavy atom. The summed E-state index contributed by atoms with van der Waals surface area (Å²) in [6.07, 6.45) is 0. The van der Waals surface area contributed by atoms with Crippen LogP contribution in [0.1, 0.15) is 25.5 Å². The topological polar surface area (TPSA) is 49.9 Å². The number of likely N-dealkylation sites (N-methyl/N-ethyl adjacent to an activating group) is 1. The zero-order valence-corrected chi connectivity index (χ0v) is 16.7. The molecule has 0 radical (unpaired) electrons. The van der Waals surface area contributed by atoms with E-state index in [9.17, 15) is 9.59 Å². The van der Waals surface area contributed by atoms with E-state index in [4.69, 9.17) is 4.74 Å². The summed E-state index contributed by atoms with van der Waals surface area (Å²) in [5.41, 5.74) is 1.82. The molecule has 0 unspecified atom stereocenters. The Morgan fingerprint density at radius 3 is 2.78 bits per heavy atom. The van der Waals surface area contributed by atoms with Crippen molar-refractivity contribution in [3.63, 3.8) is 0 Å². The Morgan fingerprint density at radius 1 is 1.26 bits per heavy atom. The number of carbonyl (C=O) groups is 2. The predicted molar refractivity (Wildman–Crippen MR) is 108 cm³/mol. The average molecular weight is 385 g/mol. The molecule has 3 rings (SSSR count). The van der Waals surface area contributed by atoms with Crippen LogP contribution in [0.2, 0.25) is 0 Å². The minimum absolute atomic E-state index is 0.0304. The largest absolute Gasteiger partial charge is 0.497 e. The molecule has 1 atom stereocenters. The second kappa shape index (κ2) is 8.48. The number of fused-ring (bicyclic) bond motifs is 1. The summed E-state index contributed by atoms with van der Waals surface area (Å²) in [5, 5.41) is 0. The van der Waals surface area contributed by atoms with Gasteiger partial charge in [-0.3, -0.25) is 9.59 Å². The van der Waals surface area contributed by atoms with Crippen LogP contribution in [0.15, 0.2) is 53.4 Å². The SMILES string of the molecule is CCN(C(=O)CN1C(=O)CSc2ccccc21)[C@@H](C)c1cccc(OC)c1. The number of ether oxygens (including phenoxy) is 1. The quantitative estimate of drug-likeness (QED) is 0.761. The number of thioether (sulfide) groups is 1. The fourth-order valence-electron chi connectivity index (χ4n) is 3.30. The molecular weight excluding hydrogens is 360 g/mol. The molecule has 142 valence electrons. The van der Waals surface area contributed by atoms with Gasteiger partial charge < -0.3 is 14.5 Å². The fourth-order valence-corrected chi connectivity index (χ4v) is 4.24. The molecule has 27 heavy (non-hydrogen) atoms. The van der Waals surface area contributed by atoms with Crippen LogP contribution < -0.4 is 9.64 Å². The van der Waals surface area contributed by atoms with Gasteiger partial charge in [-0.25, -0.2) is 0 Å². The Balaban J connectivity index is 1.80. The number of benzene rings is 2. The highest BCUT2D eigenvalue weighted by atomic mass is 32.2. The number of methoxy groups -OCH3 is 1. The smallest absolute Gasteiger partial charge is 0.243 e. The maximum Gasteiger partial charge on any atom is 0.243 e. The lowest BCUT2D eigenvalue weighted by Gasteiger charge is -2.33. The molecule has 0 N–H and O–H groups in total. The molecule has 1 aliphatic heterocycles. The number of nitrogens with zero attached hydrogens (tertiary/aromatic N) is 2. The van der Waals surface area contributed by atoms with E-state index in [0.29, 0.717) is 12.3 Å². The summed E-state index contributed by atoms with van der Waals surface area (Å²) in [4.78, 5) is 29.9. The van der Waals surface area contributed by atoms with Crippen LogP contribution in [0.25, 0.3) is 0 Å². The van der Waals surface area contributed by atoms with E-state index in [1.54, 1.807) is 16.9 Å². The van der Waals surface area contributed by atoms with E-state index in [0.717, 1.165) is 21.9 Å². The first-order valence-electron chi connectivity index (χ1n) is 9.00. The molecule has 0 saturated heterocycles. The highest BCUT2D eigenvalue weighted by Crippen LogP contribution is 2.35. The highest BCUT2D eigenvalue weighted by molar-refractivity contribution is 8.00. The van der Waals surface area contributed by atoms with Crippen molar-refractivity contribution in [2.75, 3.05) is 30.9 Å². The Labute approximate surface area is 164 Å². The molecule has 2 amide bonds. The van der Waals surface area contributed by atoms with E-state index < -0.39 is 0 Å². The van der Waals surface area contributed by atoms with E-state index in [1.807, 2.05) is 62.4 Å². The third-order valence-corrected chi connectivity index (χ3v) is 5.85. The summed E-state index contributed by atoms with van der Waals surface area (Å²) in [7, 11) is 1.63. The van der Waals surface area contributed by atoms with Gasteiger partial charge in [0.05, 0.1) is 24.6 Å². The van der Waals surface area contributed by atoms with Crippen molar-refractivity contribution >= 4 is 29.3 Å². The molecule has 1 aliphatic rings. The summed E-state index contributed by atoms with van der Waals surface area (Å²) in [6.45, 7) is 4.57. The summed E-state index contributed by atoms with van der Waals surface area (Å²) in [5.74, 6) is 1.03. The second-order valence-electron chi connectivity index (χ2n) is 6.37. The number of hydrogen-bond donors (Lipinski definition) is 0. The van der Waals surface area contributed by atoms with Gasteiger partial charge in [0.15, 0.2) is 0 Å². The van der Waals surface area contributed by atoms with E-state index in [1.165, 1.54) is 11.8 Å². The van der Waals surface area contributed by atoms with Crippen LogP contribution in [0, 0.1) is 0 Å². The number of carbonyl (C=O) groups excluding carboxylic acids is 2. The van der Waals surface area contributed by atoms with Gasteiger partial charge in [-0.15, -0.1) is 11.8 Å². The first-order valence-corrected chi connectivity index (χ1v) is 9.99. The Kier molecular flexibility index (Phi) is 6.06. The molecule has 2 aromatic rings. The maximum absolute atomic E-state index is 13.1. The summed E-state index contributed by atoms with van der Waals surface area (Å²) >= 11 is 1.52. The van der Waals surface area contributed by atoms with Crippen LogP contribution in [-0.4, -0.2) is 42.7 Å². The molecule has 0 aliphatic carbocycles. The number of rotatable bonds is 6. The molecule has 1 heterocycles. The van der Waals surface area contributed by atoms with E-state index >= 15 is 0 Å². The average Bonchev–Trinajstić information content (AvgIpc) is 2.70. The number of amides is 2. The first-order chi connectivity index (χ1) is 13.0. The van der Waals surface area contributed by atoms with Crippen molar-refractivity contribution in [1.82, 2.24) is 4.90 Å². The molecule has 5 nitrogen and oxygen atoms in total. The zero-order valence-electron chi connectivity index (χ0n) is 15.8. The van der Waals surface area contributed by atoms with Crippen LogP contribution in [-0.2, 0) is 9.59 Å². The van der Waals surface area contributed by atoms with Crippen LogP contribution in [0.3, 0.4) is 0 Å². The predicted octanol–water partition coefficient (Wildman–Crippen LogP) is 3.74. The molecule has 0 spiro atoms. The van der Waals surface area contributed by atoms with E-state index in [2.05, 4.69) is 0 Å². The summed E-state index contributed by atoms with van der Waals surface area (Å²) < 4.78 is 5.29. The van der Waals surface area contributed by atoms with Gasteiger partial charge in [0.1, 0.15) is 12.3 Å². The van der Waals surface area contributed by atoms with Crippen molar-refractivity contribution in [2.45, 2.75) is 24.8 Å². The van der Waals surface area contributed by atoms with Gasteiger partial charge in [-0.2, -0.15) is 0 Å². The second-order valence-corrected chi connectivity index (χ2v) is 7.39. The maximum atomic E-state index is 13.1. The minimum atomic E-state index is -0.109. The Bertz CT molecular complexity index is 840. The van der Waals surface area contributed by atoms with E-state index in [-0.39, 0.29) is 24.4 Å². The minimum Gasteiger partial charge on any atom is -0.497 e. The van der Waals surface area contributed by atoms with Crippen molar-refractivity contribution in [3.8, 4) is 5.75 Å². The van der Waals surface area contributed by atoms with Crippen LogP contribution >= 0.6 is 11.8 Å². The lowest BCUT2D eigenvalue weighted by Crippen LogP contribution is -2.45. The van der Waals surface area contributed by atoms with Gasteiger partial charge >= 0.3 is 0 Å². The molecular formula is C21H24N2O3S. The van der Waals surface area contributed by atoms with Crippen molar-refractivity contribution in [2.24, 2.45) is 0 Å². The highest BCUT2D eigenvalue weighted by Gasteiger charge is 2.29.